The van der Waals surface area contributed by atoms with Crippen LogP contribution in [0.25, 0.3) is 33.2 Å². The van der Waals surface area contributed by atoms with Gasteiger partial charge in [-0.1, -0.05) is 48.5 Å². The molecule has 5 aromatic rings. The Balaban J connectivity index is 1.71. The number of imidazole rings is 1. The van der Waals surface area contributed by atoms with Crippen molar-refractivity contribution in [3.63, 3.8) is 0 Å². The summed E-state index contributed by atoms with van der Waals surface area (Å²) in [6.45, 7) is 1.98. The van der Waals surface area contributed by atoms with Gasteiger partial charge in [-0.15, -0.1) is 11.3 Å². The summed E-state index contributed by atoms with van der Waals surface area (Å²) in [5, 5.41) is 2.01. The number of fused-ring (bicyclic) bond motifs is 1. The molecule has 0 unspecified atom stereocenters. The van der Waals surface area contributed by atoms with Gasteiger partial charge >= 0.3 is 0 Å². The van der Waals surface area contributed by atoms with Gasteiger partial charge in [0.05, 0.1) is 22.6 Å². The molecule has 138 valence electrons. The fraction of sp³-hybridized carbons (Fsp3) is 0.0909. The van der Waals surface area contributed by atoms with Crippen LogP contribution in [-0.4, -0.2) is 18.7 Å². The fourth-order valence-corrected chi connectivity index (χ4v) is 4.44. The third-order valence-electron chi connectivity index (χ3n) is 5.09. The van der Waals surface area contributed by atoms with Crippen molar-refractivity contribution in [1.29, 1.82) is 0 Å². The first kappa shape index (κ1) is 16.8. The molecule has 0 saturated carbocycles. The molecule has 0 aliphatic rings. The van der Waals surface area contributed by atoms with Crippen LogP contribution in [0.3, 0.4) is 0 Å². The van der Waals surface area contributed by atoms with E-state index >= 15 is 0 Å². The molecule has 0 bridgehead atoms. The molecule has 0 spiro atoms. The zero-order valence-electron chi connectivity index (χ0n) is 15.5. The molecule has 0 atom stereocenters. The number of aromatic nitrogens is 4. The first-order chi connectivity index (χ1) is 13.6. The predicted molar refractivity (Wildman–Crippen MR) is 113 cm³/mol. The summed E-state index contributed by atoms with van der Waals surface area (Å²) in [5.41, 5.74) is 5.30. The molecule has 0 aliphatic heterocycles. The van der Waals surface area contributed by atoms with E-state index in [2.05, 4.69) is 0 Å². The molecule has 0 saturated heterocycles. The fourth-order valence-electron chi connectivity index (χ4n) is 3.57. The number of hydrogen-bond acceptors (Lipinski definition) is 3. The average molecular weight is 386 g/mol. The van der Waals surface area contributed by atoms with E-state index in [0.29, 0.717) is 5.56 Å². The van der Waals surface area contributed by atoms with E-state index in [0.717, 1.165) is 33.3 Å². The molecule has 2 aromatic carbocycles. The maximum Gasteiger partial charge on any atom is 0.281 e. The Morgan fingerprint density at radius 1 is 0.964 bits per heavy atom. The summed E-state index contributed by atoms with van der Waals surface area (Å²) >= 11 is 1.55. The van der Waals surface area contributed by atoms with E-state index in [1.54, 1.807) is 16.0 Å². The van der Waals surface area contributed by atoms with Crippen LogP contribution in [0.5, 0.6) is 0 Å². The van der Waals surface area contributed by atoms with Gasteiger partial charge in [0.25, 0.3) is 5.56 Å². The molecule has 3 heterocycles. The Morgan fingerprint density at radius 2 is 1.64 bits per heavy atom. The SMILES string of the molecule is Cc1c(-c2csc3nc(-c4ccccc4)cn23)c(=O)n(-c2ccccc2)n1C. The van der Waals surface area contributed by atoms with Crippen LogP contribution < -0.4 is 5.56 Å². The van der Waals surface area contributed by atoms with Crippen LogP contribution in [0.15, 0.2) is 77.0 Å². The summed E-state index contributed by atoms with van der Waals surface area (Å²) in [6.07, 6.45) is 2.01. The van der Waals surface area contributed by atoms with Crippen molar-refractivity contribution in [3.8, 4) is 28.2 Å². The van der Waals surface area contributed by atoms with E-state index in [-0.39, 0.29) is 5.56 Å². The molecular weight excluding hydrogens is 368 g/mol. The van der Waals surface area contributed by atoms with Crippen LogP contribution in [0.2, 0.25) is 0 Å². The first-order valence-electron chi connectivity index (χ1n) is 9.01. The van der Waals surface area contributed by atoms with Crippen molar-refractivity contribution < 1.29 is 0 Å². The van der Waals surface area contributed by atoms with Crippen molar-refractivity contribution in [2.75, 3.05) is 0 Å². The van der Waals surface area contributed by atoms with Crippen LogP contribution in [0.1, 0.15) is 5.69 Å². The second kappa shape index (κ2) is 6.35. The summed E-state index contributed by atoms with van der Waals surface area (Å²) < 4.78 is 5.64. The lowest BCUT2D eigenvalue weighted by atomic mass is 10.2. The largest absolute Gasteiger partial charge is 0.289 e. The van der Waals surface area contributed by atoms with Crippen molar-refractivity contribution in [2.24, 2.45) is 7.05 Å². The van der Waals surface area contributed by atoms with Crippen molar-refractivity contribution >= 4 is 16.3 Å². The number of nitrogens with zero attached hydrogens (tertiary/aromatic N) is 4. The Labute approximate surface area is 165 Å². The summed E-state index contributed by atoms with van der Waals surface area (Å²) in [5.74, 6) is 0. The lowest BCUT2D eigenvalue weighted by Gasteiger charge is -2.07. The third kappa shape index (κ3) is 2.46. The molecule has 0 amide bonds. The molecule has 3 aromatic heterocycles. The van der Waals surface area contributed by atoms with E-state index in [1.165, 1.54) is 0 Å². The molecule has 0 aliphatic carbocycles. The zero-order chi connectivity index (χ0) is 19.3. The van der Waals surface area contributed by atoms with Crippen LogP contribution >= 0.6 is 11.3 Å². The van der Waals surface area contributed by atoms with Gasteiger partial charge in [-0.05, 0) is 19.1 Å². The quantitative estimate of drug-likeness (QED) is 0.457. The van der Waals surface area contributed by atoms with Crippen LogP contribution in [-0.2, 0) is 7.05 Å². The lowest BCUT2D eigenvalue weighted by Crippen LogP contribution is -2.20. The second-order valence-electron chi connectivity index (χ2n) is 6.70. The number of rotatable bonds is 3. The van der Waals surface area contributed by atoms with E-state index in [9.17, 15) is 4.79 Å². The highest BCUT2D eigenvalue weighted by atomic mass is 32.1. The van der Waals surface area contributed by atoms with E-state index in [1.807, 2.05) is 95.3 Å². The highest BCUT2D eigenvalue weighted by molar-refractivity contribution is 7.15. The van der Waals surface area contributed by atoms with Gasteiger partial charge in [0.2, 0.25) is 0 Å². The highest BCUT2D eigenvalue weighted by Crippen LogP contribution is 2.30. The average Bonchev–Trinajstić information content (AvgIpc) is 3.37. The Bertz CT molecular complexity index is 1340. The predicted octanol–water partition coefficient (Wildman–Crippen LogP) is 4.53. The van der Waals surface area contributed by atoms with E-state index in [4.69, 9.17) is 4.98 Å². The molecule has 0 N–H and O–H groups in total. The number of benzene rings is 2. The minimum absolute atomic E-state index is 0.0270. The summed E-state index contributed by atoms with van der Waals surface area (Å²) in [6, 6.07) is 19.8. The monoisotopic (exact) mass is 386 g/mol. The lowest BCUT2D eigenvalue weighted by molar-refractivity contribution is 0.630. The number of thiazole rings is 1. The number of hydrogen-bond donors (Lipinski definition) is 0. The minimum atomic E-state index is -0.0270. The molecule has 28 heavy (non-hydrogen) atoms. The van der Waals surface area contributed by atoms with Gasteiger partial charge in [0.1, 0.15) is 0 Å². The first-order valence-corrected chi connectivity index (χ1v) is 9.89. The van der Waals surface area contributed by atoms with Gasteiger partial charge in [-0.3, -0.25) is 13.9 Å². The van der Waals surface area contributed by atoms with Crippen molar-refractivity contribution in [3.05, 3.63) is 88.3 Å². The van der Waals surface area contributed by atoms with Crippen LogP contribution in [0.4, 0.5) is 0 Å². The molecule has 0 fully saturated rings. The van der Waals surface area contributed by atoms with E-state index < -0.39 is 0 Å². The second-order valence-corrected chi connectivity index (χ2v) is 7.54. The maximum atomic E-state index is 13.3. The molecule has 6 heteroatoms. The Hall–Kier alpha value is -3.38. The minimum Gasteiger partial charge on any atom is -0.289 e. The highest BCUT2D eigenvalue weighted by Gasteiger charge is 2.21. The standard InChI is InChI=1S/C22H18N4OS/c1-15-20(21(27)26(24(15)2)17-11-7-4-8-12-17)19-14-28-22-23-18(13-25(19)22)16-9-5-3-6-10-16/h3-14H,1-2H3. The molecule has 5 rings (SSSR count). The molecule has 0 radical (unpaired) electrons. The Kier molecular flexibility index (Phi) is 3.80. The van der Waals surface area contributed by atoms with Crippen LogP contribution in [0, 0.1) is 6.92 Å². The van der Waals surface area contributed by atoms with Gasteiger partial charge in [0.15, 0.2) is 4.96 Å². The van der Waals surface area contributed by atoms with Crippen molar-refractivity contribution in [1.82, 2.24) is 18.7 Å². The molecule has 5 nitrogen and oxygen atoms in total. The maximum absolute atomic E-state index is 13.3. The molecular formula is C22H18N4OS. The third-order valence-corrected chi connectivity index (χ3v) is 5.93. The summed E-state index contributed by atoms with van der Waals surface area (Å²) in [7, 11) is 1.92. The Morgan fingerprint density at radius 3 is 2.36 bits per heavy atom. The van der Waals surface area contributed by atoms with Crippen molar-refractivity contribution in [2.45, 2.75) is 6.92 Å². The summed E-state index contributed by atoms with van der Waals surface area (Å²) in [4.78, 5) is 19.0. The van der Waals surface area contributed by atoms with Gasteiger partial charge in [-0.25, -0.2) is 9.67 Å². The smallest absolute Gasteiger partial charge is 0.281 e. The van der Waals surface area contributed by atoms with Gasteiger partial charge in [0, 0.05) is 29.9 Å². The normalized spacial score (nSPS) is 11.4. The number of para-hydroxylation sites is 1. The van der Waals surface area contributed by atoms with Gasteiger partial charge in [-0.2, -0.15) is 0 Å². The zero-order valence-corrected chi connectivity index (χ0v) is 16.4. The van der Waals surface area contributed by atoms with Gasteiger partial charge < -0.3 is 0 Å². The topological polar surface area (TPSA) is 44.2 Å².